The predicted octanol–water partition coefficient (Wildman–Crippen LogP) is 4.28. The second-order valence-corrected chi connectivity index (χ2v) is 7.00. The first-order chi connectivity index (χ1) is 12.7. The molecule has 0 saturated carbocycles. The second kappa shape index (κ2) is 9.27. The van der Waals surface area contributed by atoms with Crippen LogP contribution in [0.1, 0.15) is 18.1 Å². The Morgan fingerprint density at radius 3 is 2.50 bits per heavy atom. The summed E-state index contributed by atoms with van der Waals surface area (Å²) in [7, 11) is 0. The van der Waals surface area contributed by atoms with E-state index in [4.69, 9.17) is 4.42 Å². The molecule has 26 heavy (non-hydrogen) atoms. The Morgan fingerprint density at radius 2 is 1.81 bits per heavy atom. The highest BCUT2D eigenvalue weighted by molar-refractivity contribution is 7.99. The van der Waals surface area contributed by atoms with Gasteiger partial charge in [0.2, 0.25) is 5.91 Å². The number of thioether (sulfide) groups is 1. The number of aliphatic hydroxyl groups is 1. The third-order valence-electron chi connectivity index (χ3n) is 3.93. The molecule has 0 aliphatic carbocycles. The van der Waals surface area contributed by atoms with Crippen LogP contribution in [0.2, 0.25) is 0 Å². The maximum atomic E-state index is 11.9. The molecule has 1 amide bonds. The minimum atomic E-state index is -0.730. The van der Waals surface area contributed by atoms with Gasteiger partial charge in [0.05, 0.1) is 12.4 Å². The Balaban J connectivity index is 1.41. The van der Waals surface area contributed by atoms with E-state index in [0.717, 1.165) is 21.8 Å². The normalized spacial score (nSPS) is 11.9. The minimum absolute atomic E-state index is 0.0558. The smallest absolute Gasteiger partial charge is 0.220 e. The number of benzene rings is 2. The Kier molecular flexibility index (Phi) is 6.52. The first-order valence-corrected chi connectivity index (χ1v) is 9.47. The molecule has 2 N–H and O–H groups in total. The molecular formula is C21H21NO3S. The van der Waals surface area contributed by atoms with Crippen molar-refractivity contribution in [2.24, 2.45) is 0 Å². The highest BCUT2D eigenvalue weighted by atomic mass is 32.2. The van der Waals surface area contributed by atoms with Gasteiger partial charge in [0, 0.05) is 29.2 Å². The Bertz CT molecular complexity index is 801. The number of amides is 1. The van der Waals surface area contributed by atoms with Crippen LogP contribution in [0.4, 0.5) is 0 Å². The van der Waals surface area contributed by atoms with E-state index in [2.05, 4.69) is 5.32 Å². The van der Waals surface area contributed by atoms with Crippen molar-refractivity contribution in [2.75, 3.05) is 12.3 Å². The van der Waals surface area contributed by atoms with Gasteiger partial charge in [-0.05, 0) is 29.8 Å². The molecule has 0 saturated heterocycles. The summed E-state index contributed by atoms with van der Waals surface area (Å²) in [6, 6.07) is 21.2. The van der Waals surface area contributed by atoms with Gasteiger partial charge in [0.1, 0.15) is 5.76 Å². The largest absolute Gasteiger partial charge is 0.464 e. The van der Waals surface area contributed by atoms with Crippen LogP contribution in [-0.2, 0) is 4.79 Å². The number of carbonyl (C=O) groups excluding carboxylic acids is 1. The third-order valence-corrected chi connectivity index (χ3v) is 4.95. The Morgan fingerprint density at radius 1 is 1.04 bits per heavy atom. The summed E-state index contributed by atoms with van der Waals surface area (Å²) >= 11 is 1.65. The zero-order chi connectivity index (χ0) is 18.2. The van der Waals surface area contributed by atoms with E-state index < -0.39 is 6.10 Å². The number of carbonyl (C=O) groups is 1. The quantitative estimate of drug-likeness (QED) is 0.584. The van der Waals surface area contributed by atoms with Gasteiger partial charge < -0.3 is 14.8 Å². The lowest BCUT2D eigenvalue weighted by molar-refractivity contribution is -0.121. The standard InChI is InChI=1S/C21H21NO3S/c23-19(16-8-10-17(11-9-16)20-7-4-13-25-20)15-22-21(24)12-14-26-18-5-2-1-3-6-18/h1-11,13,19,23H,12,14-15H2,(H,22,24). The summed E-state index contributed by atoms with van der Waals surface area (Å²) in [5.74, 6) is 1.44. The monoisotopic (exact) mass is 367 g/mol. The molecular weight excluding hydrogens is 346 g/mol. The highest BCUT2D eigenvalue weighted by Crippen LogP contribution is 2.22. The fourth-order valence-electron chi connectivity index (χ4n) is 2.51. The number of hydrogen-bond acceptors (Lipinski definition) is 4. The second-order valence-electron chi connectivity index (χ2n) is 5.83. The predicted molar refractivity (Wildman–Crippen MR) is 104 cm³/mol. The molecule has 0 aliphatic rings. The number of aliphatic hydroxyl groups excluding tert-OH is 1. The summed E-state index contributed by atoms with van der Waals surface area (Å²) in [4.78, 5) is 13.1. The first kappa shape index (κ1) is 18.3. The van der Waals surface area contributed by atoms with Crippen LogP contribution in [0.15, 0.2) is 82.3 Å². The molecule has 4 nitrogen and oxygen atoms in total. The minimum Gasteiger partial charge on any atom is -0.464 e. The molecule has 0 spiro atoms. The van der Waals surface area contributed by atoms with Gasteiger partial charge in [-0.3, -0.25) is 4.79 Å². The summed E-state index contributed by atoms with van der Waals surface area (Å²) in [6.07, 6.45) is 1.32. The highest BCUT2D eigenvalue weighted by Gasteiger charge is 2.10. The number of rotatable bonds is 8. The molecule has 0 fully saturated rings. The molecule has 0 aliphatic heterocycles. The van der Waals surface area contributed by atoms with Crippen LogP contribution >= 0.6 is 11.8 Å². The van der Waals surface area contributed by atoms with Crippen molar-refractivity contribution >= 4 is 17.7 Å². The third kappa shape index (κ3) is 5.25. The molecule has 1 atom stereocenters. The zero-order valence-corrected chi connectivity index (χ0v) is 15.1. The summed E-state index contributed by atoms with van der Waals surface area (Å²) in [5.41, 5.74) is 1.71. The number of furan rings is 1. The summed E-state index contributed by atoms with van der Waals surface area (Å²) in [5, 5.41) is 13.0. The number of hydrogen-bond donors (Lipinski definition) is 2. The van der Waals surface area contributed by atoms with E-state index in [1.54, 1.807) is 18.0 Å². The van der Waals surface area contributed by atoms with Crippen molar-refractivity contribution in [3.63, 3.8) is 0 Å². The van der Waals surface area contributed by atoms with Crippen LogP contribution in [0.5, 0.6) is 0 Å². The fourth-order valence-corrected chi connectivity index (χ4v) is 3.38. The van der Waals surface area contributed by atoms with E-state index in [1.807, 2.05) is 66.7 Å². The van der Waals surface area contributed by atoms with Gasteiger partial charge in [0.15, 0.2) is 0 Å². The zero-order valence-electron chi connectivity index (χ0n) is 14.3. The van der Waals surface area contributed by atoms with Gasteiger partial charge in [-0.2, -0.15) is 0 Å². The molecule has 0 bridgehead atoms. The Hall–Kier alpha value is -2.50. The van der Waals surface area contributed by atoms with Gasteiger partial charge in [-0.25, -0.2) is 0 Å². The van der Waals surface area contributed by atoms with Gasteiger partial charge >= 0.3 is 0 Å². The summed E-state index contributed by atoms with van der Waals surface area (Å²) < 4.78 is 5.35. The van der Waals surface area contributed by atoms with Crippen LogP contribution in [0.3, 0.4) is 0 Å². The number of nitrogens with one attached hydrogen (secondary N) is 1. The fraction of sp³-hybridized carbons (Fsp3) is 0.190. The van der Waals surface area contributed by atoms with E-state index in [0.29, 0.717) is 12.2 Å². The molecule has 1 unspecified atom stereocenters. The van der Waals surface area contributed by atoms with Crippen molar-refractivity contribution in [3.8, 4) is 11.3 Å². The van der Waals surface area contributed by atoms with E-state index in [-0.39, 0.29) is 12.5 Å². The average Bonchev–Trinajstić information content (AvgIpc) is 3.22. The SMILES string of the molecule is O=C(CCSc1ccccc1)NCC(O)c1ccc(-c2ccco2)cc1. The van der Waals surface area contributed by atoms with Gasteiger partial charge in [-0.15, -0.1) is 11.8 Å². The lowest BCUT2D eigenvalue weighted by Crippen LogP contribution is -2.28. The molecule has 134 valence electrons. The van der Waals surface area contributed by atoms with Crippen molar-refractivity contribution in [1.82, 2.24) is 5.32 Å². The van der Waals surface area contributed by atoms with Crippen LogP contribution in [0, 0.1) is 0 Å². The van der Waals surface area contributed by atoms with E-state index in [9.17, 15) is 9.90 Å². The van der Waals surface area contributed by atoms with Crippen molar-refractivity contribution in [2.45, 2.75) is 17.4 Å². The van der Waals surface area contributed by atoms with Crippen molar-refractivity contribution in [3.05, 3.63) is 78.6 Å². The lowest BCUT2D eigenvalue weighted by atomic mass is 10.1. The maximum absolute atomic E-state index is 11.9. The Labute approximate surface area is 157 Å². The van der Waals surface area contributed by atoms with E-state index >= 15 is 0 Å². The molecule has 5 heteroatoms. The molecule has 1 aromatic heterocycles. The van der Waals surface area contributed by atoms with Gasteiger partial charge in [0.25, 0.3) is 0 Å². The first-order valence-electron chi connectivity index (χ1n) is 8.49. The van der Waals surface area contributed by atoms with E-state index in [1.165, 1.54) is 0 Å². The van der Waals surface area contributed by atoms with Crippen LogP contribution in [0.25, 0.3) is 11.3 Å². The topological polar surface area (TPSA) is 62.5 Å². The summed E-state index contributed by atoms with van der Waals surface area (Å²) in [6.45, 7) is 0.203. The van der Waals surface area contributed by atoms with Crippen molar-refractivity contribution in [1.29, 1.82) is 0 Å². The van der Waals surface area contributed by atoms with Crippen LogP contribution in [-0.4, -0.2) is 23.3 Å². The van der Waals surface area contributed by atoms with Crippen molar-refractivity contribution < 1.29 is 14.3 Å². The van der Waals surface area contributed by atoms with Crippen LogP contribution < -0.4 is 5.32 Å². The molecule has 2 aromatic carbocycles. The molecule has 3 rings (SSSR count). The molecule has 3 aromatic rings. The lowest BCUT2D eigenvalue weighted by Gasteiger charge is -2.12. The van der Waals surface area contributed by atoms with Gasteiger partial charge in [-0.1, -0.05) is 42.5 Å². The average molecular weight is 367 g/mol. The molecule has 1 heterocycles. The maximum Gasteiger partial charge on any atom is 0.220 e. The molecule has 0 radical (unpaired) electrons.